The largest absolute Gasteiger partial charge is 0.322 e. The van der Waals surface area contributed by atoms with Crippen molar-refractivity contribution >= 4 is 0 Å². The van der Waals surface area contributed by atoms with E-state index in [2.05, 4.69) is 12.1 Å². The zero-order chi connectivity index (χ0) is 13.3. The summed E-state index contributed by atoms with van der Waals surface area (Å²) in [7, 11) is 0. The predicted octanol–water partition coefficient (Wildman–Crippen LogP) is 2.88. The van der Waals surface area contributed by atoms with Crippen molar-refractivity contribution in [2.24, 2.45) is 5.73 Å². The van der Waals surface area contributed by atoms with Crippen LogP contribution >= 0.6 is 0 Å². The van der Waals surface area contributed by atoms with E-state index in [1.807, 2.05) is 48.5 Å². The van der Waals surface area contributed by atoms with Crippen LogP contribution in [0, 0.1) is 0 Å². The van der Waals surface area contributed by atoms with E-state index in [9.17, 15) is 0 Å². The van der Waals surface area contributed by atoms with Crippen molar-refractivity contribution in [3.8, 4) is 0 Å². The van der Waals surface area contributed by atoms with E-state index in [0.717, 1.165) is 12.0 Å². The molecule has 19 heavy (non-hydrogen) atoms. The van der Waals surface area contributed by atoms with Crippen LogP contribution in [0.2, 0.25) is 0 Å². The molecule has 0 aromatic heterocycles. The Labute approximate surface area is 113 Å². The van der Waals surface area contributed by atoms with Crippen molar-refractivity contribution in [3.63, 3.8) is 0 Å². The highest BCUT2D eigenvalue weighted by Gasteiger charge is 2.05. The first-order chi connectivity index (χ1) is 9.36. The average molecular weight is 257 g/mol. The molecule has 0 saturated carbocycles. The van der Waals surface area contributed by atoms with Crippen molar-refractivity contribution in [2.45, 2.75) is 12.5 Å². The molecular weight excluding hydrogens is 238 g/mol. The minimum Gasteiger partial charge on any atom is -0.322 e. The highest BCUT2D eigenvalue weighted by molar-refractivity contribution is 5.18. The molecule has 2 N–H and O–H groups in total. The predicted molar refractivity (Wildman–Crippen MR) is 75.4 cm³/mol. The summed E-state index contributed by atoms with van der Waals surface area (Å²) in [5.41, 5.74) is 8.27. The summed E-state index contributed by atoms with van der Waals surface area (Å²) in [6.45, 7) is 0.893. The first kappa shape index (κ1) is 13.7. The molecule has 100 valence electrons. The minimum absolute atomic E-state index is 0.155. The average Bonchev–Trinajstić information content (AvgIpc) is 2.49. The highest BCUT2D eigenvalue weighted by atomic mass is 17.2. The van der Waals surface area contributed by atoms with Crippen LogP contribution in [0.1, 0.15) is 17.2 Å². The van der Waals surface area contributed by atoms with Crippen LogP contribution in [0.4, 0.5) is 0 Å². The number of benzene rings is 2. The van der Waals surface area contributed by atoms with Gasteiger partial charge in [-0.15, -0.1) is 0 Å². The Kier molecular flexibility index (Phi) is 5.56. The molecule has 2 aromatic carbocycles. The first-order valence-electron chi connectivity index (χ1n) is 6.45. The van der Waals surface area contributed by atoms with Gasteiger partial charge in [-0.25, -0.2) is 9.78 Å². The van der Waals surface area contributed by atoms with Gasteiger partial charge in [0.15, 0.2) is 0 Å². The third-order valence-electron chi connectivity index (χ3n) is 2.88. The van der Waals surface area contributed by atoms with Crippen LogP contribution in [0.25, 0.3) is 0 Å². The third kappa shape index (κ3) is 4.83. The van der Waals surface area contributed by atoms with Crippen molar-refractivity contribution < 1.29 is 9.78 Å². The Bertz CT molecular complexity index is 459. The van der Waals surface area contributed by atoms with E-state index in [1.54, 1.807) is 0 Å². The summed E-state index contributed by atoms with van der Waals surface area (Å²) < 4.78 is 0. The first-order valence-corrected chi connectivity index (χ1v) is 6.45. The molecule has 2 rings (SSSR count). The topological polar surface area (TPSA) is 44.5 Å². The van der Waals surface area contributed by atoms with E-state index in [0.29, 0.717) is 13.2 Å². The summed E-state index contributed by atoms with van der Waals surface area (Å²) in [6, 6.07) is 19.9. The molecule has 3 heteroatoms. The van der Waals surface area contributed by atoms with Crippen LogP contribution in [-0.4, -0.2) is 13.2 Å². The third-order valence-corrected chi connectivity index (χ3v) is 2.88. The Hall–Kier alpha value is -1.68. The maximum absolute atomic E-state index is 5.98. The fourth-order valence-electron chi connectivity index (χ4n) is 1.78. The molecule has 0 heterocycles. The number of rotatable bonds is 7. The van der Waals surface area contributed by atoms with Gasteiger partial charge in [-0.3, -0.25) is 0 Å². The molecule has 0 amide bonds. The van der Waals surface area contributed by atoms with E-state index in [4.69, 9.17) is 15.5 Å². The molecule has 0 radical (unpaired) electrons. The van der Waals surface area contributed by atoms with Crippen molar-refractivity contribution in [1.29, 1.82) is 0 Å². The minimum atomic E-state index is -0.155. The summed E-state index contributed by atoms with van der Waals surface area (Å²) in [6.07, 6.45) is 0.835. The van der Waals surface area contributed by atoms with E-state index < -0.39 is 0 Å². The molecule has 0 bridgehead atoms. The van der Waals surface area contributed by atoms with Crippen molar-refractivity contribution in [3.05, 3.63) is 71.8 Å². The summed E-state index contributed by atoms with van der Waals surface area (Å²) >= 11 is 0. The van der Waals surface area contributed by atoms with Crippen LogP contribution in [-0.2, 0) is 16.2 Å². The fourth-order valence-corrected chi connectivity index (χ4v) is 1.78. The second kappa shape index (κ2) is 7.69. The summed E-state index contributed by atoms with van der Waals surface area (Å²) in [4.78, 5) is 10.3. The number of hydrogen-bond acceptors (Lipinski definition) is 3. The maximum Gasteiger partial charge on any atom is 0.101 e. The summed E-state index contributed by atoms with van der Waals surface area (Å²) in [5.74, 6) is 0. The Balaban J connectivity index is 1.62. The van der Waals surface area contributed by atoms with Gasteiger partial charge in [0.1, 0.15) is 6.61 Å². The Morgan fingerprint density at radius 2 is 1.47 bits per heavy atom. The van der Waals surface area contributed by atoms with Crippen LogP contribution in [0.3, 0.4) is 0 Å². The van der Waals surface area contributed by atoms with Gasteiger partial charge < -0.3 is 5.73 Å². The van der Waals surface area contributed by atoms with Gasteiger partial charge in [0, 0.05) is 0 Å². The molecule has 0 aliphatic rings. The van der Waals surface area contributed by atoms with Crippen LogP contribution in [0.5, 0.6) is 0 Å². The smallest absolute Gasteiger partial charge is 0.101 e. The lowest BCUT2D eigenvalue weighted by Gasteiger charge is -2.11. The normalized spacial score (nSPS) is 12.3. The van der Waals surface area contributed by atoms with Gasteiger partial charge in [0.05, 0.1) is 12.6 Å². The Morgan fingerprint density at radius 3 is 2.16 bits per heavy atom. The van der Waals surface area contributed by atoms with Gasteiger partial charge in [-0.2, -0.15) is 0 Å². The molecule has 0 fully saturated rings. The lowest BCUT2D eigenvalue weighted by atomic mass is 10.1. The number of hydrogen-bond donors (Lipinski definition) is 1. The molecule has 0 spiro atoms. The SMILES string of the molecule is N[C@H](COOCCc1ccccc1)c1ccccc1. The molecule has 3 nitrogen and oxygen atoms in total. The molecule has 0 saturated heterocycles. The van der Waals surface area contributed by atoms with Crippen molar-refractivity contribution in [1.82, 2.24) is 0 Å². The quantitative estimate of drug-likeness (QED) is 0.471. The van der Waals surface area contributed by atoms with Crippen LogP contribution in [0.15, 0.2) is 60.7 Å². The standard InChI is InChI=1S/C16H19NO2/c17-16(15-9-5-2-6-10-15)13-19-18-12-11-14-7-3-1-4-8-14/h1-10,16H,11-13,17H2/t16-/m1/s1. The lowest BCUT2D eigenvalue weighted by Crippen LogP contribution is -2.17. The maximum atomic E-state index is 5.98. The molecule has 0 aliphatic heterocycles. The van der Waals surface area contributed by atoms with E-state index in [1.165, 1.54) is 5.56 Å². The summed E-state index contributed by atoms with van der Waals surface area (Å²) in [5, 5.41) is 0. The molecule has 0 aliphatic carbocycles. The monoisotopic (exact) mass is 257 g/mol. The lowest BCUT2D eigenvalue weighted by molar-refractivity contribution is -0.296. The Morgan fingerprint density at radius 1 is 0.842 bits per heavy atom. The van der Waals surface area contributed by atoms with Gasteiger partial charge >= 0.3 is 0 Å². The second-order valence-electron chi connectivity index (χ2n) is 4.36. The fraction of sp³-hybridized carbons (Fsp3) is 0.250. The van der Waals surface area contributed by atoms with Gasteiger partial charge in [-0.1, -0.05) is 60.7 Å². The molecule has 1 atom stereocenters. The zero-order valence-electron chi connectivity index (χ0n) is 10.9. The number of nitrogens with two attached hydrogens (primary N) is 1. The highest BCUT2D eigenvalue weighted by Crippen LogP contribution is 2.09. The molecule has 0 unspecified atom stereocenters. The van der Waals surface area contributed by atoms with Crippen molar-refractivity contribution in [2.75, 3.05) is 13.2 Å². The molecular formula is C16H19NO2. The van der Waals surface area contributed by atoms with E-state index >= 15 is 0 Å². The van der Waals surface area contributed by atoms with Gasteiger partial charge in [0.2, 0.25) is 0 Å². The van der Waals surface area contributed by atoms with Gasteiger partial charge in [-0.05, 0) is 17.5 Å². The zero-order valence-corrected chi connectivity index (χ0v) is 10.9. The van der Waals surface area contributed by atoms with Gasteiger partial charge in [0.25, 0.3) is 0 Å². The second-order valence-corrected chi connectivity index (χ2v) is 4.36. The van der Waals surface area contributed by atoms with E-state index in [-0.39, 0.29) is 6.04 Å². The molecule has 2 aromatic rings. The van der Waals surface area contributed by atoms with Crippen LogP contribution < -0.4 is 5.73 Å².